The summed E-state index contributed by atoms with van der Waals surface area (Å²) >= 11 is 0. The van der Waals surface area contributed by atoms with E-state index in [2.05, 4.69) is 10.5 Å². The Morgan fingerprint density at radius 1 is 1.17 bits per heavy atom. The maximum Gasteiger partial charge on any atom is 0.271 e. The van der Waals surface area contributed by atoms with Gasteiger partial charge in [-0.1, -0.05) is 18.2 Å². The number of carbonyl (C=O) groups excluding carboxylic acids is 1. The van der Waals surface area contributed by atoms with Gasteiger partial charge in [0.25, 0.3) is 11.6 Å². The molecule has 0 unspecified atom stereocenters. The van der Waals surface area contributed by atoms with E-state index in [0.717, 1.165) is 17.0 Å². The van der Waals surface area contributed by atoms with Crippen molar-refractivity contribution in [2.75, 3.05) is 7.11 Å². The highest BCUT2D eigenvalue weighted by Crippen LogP contribution is 2.31. The maximum absolute atomic E-state index is 12.1. The molecule has 2 aromatic carbocycles. The average molecular weight is 392 g/mol. The molecule has 0 bridgehead atoms. The van der Waals surface area contributed by atoms with Gasteiger partial charge in [0.05, 0.1) is 23.9 Å². The number of ether oxygens (including phenoxy) is 1. The number of non-ortho nitro benzene ring substituents is 1. The van der Waals surface area contributed by atoms with E-state index in [9.17, 15) is 14.9 Å². The molecule has 1 aromatic heterocycles. The molecule has 0 radical (unpaired) electrons. The number of benzene rings is 2. The third-order valence-electron chi connectivity index (χ3n) is 4.49. The molecule has 0 aliphatic carbocycles. The van der Waals surface area contributed by atoms with E-state index in [1.807, 2.05) is 30.5 Å². The van der Waals surface area contributed by atoms with Gasteiger partial charge in [-0.2, -0.15) is 5.10 Å². The molecule has 0 aliphatic heterocycles. The molecule has 1 amide bonds. The SMILES string of the molecule is COc1ccc([N+](=O)[O-])cc1-n1c(C)cc(/C=N/NC(=O)c2ccccc2)c1C. The van der Waals surface area contributed by atoms with Crippen LogP contribution in [0.2, 0.25) is 0 Å². The molecule has 0 spiro atoms. The van der Waals surface area contributed by atoms with E-state index < -0.39 is 4.92 Å². The van der Waals surface area contributed by atoms with Crippen LogP contribution >= 0.6 is 0 Å². The lowest BCUT2D eigenvalue weighted by Crippen LogP contribution is -2.17. The monoisotopic (exact) mass is 392 g/mol. The van der Waals surface area contributed by atoms with Crippen LogP contribution in [0.5, 0.6) is 5.75 Å². The van der Waals surface area contributed by atoms with Crippen molar-refractivity contribution in [3.05, 3.63) is 87.2 Å². The zero-order chi connectivity index (χ0) is 21.0. The van der Waals surface area contributed by atoms with Gasteiger partial charge in [0.1, 0.15) is 5.75 Å². The van der Waals surface area contributed by atoms with Crippen molar-refractivity contribution in [3.8, 4) is 11.4 Å². The standard InChI is InChI=1S/C21H20N4O4/c1-14-11-17(13-22-23-21(26)16-7-5-4-6-8-16)15(2)24(14)19-12-18(25(27)28)9-10-20(19)29-3/h4-13H,1-3H3,(H,23,26)/b22-13+. The van der Waals surface area contributed by atoms with Crippen molar-refractivity contribution >= 4 is 17.8 Å². The topological polar surface area (TPSA) is 98.8 Å². The van der Waals surface area contributed by atoms with Crippen LogP contribution in [0.1, 0.15) is 27.3 Å². The summed E-state index contributed by atoms with van der Waals surface area (Å²) in [6.45, 7) is 3.75. The van der Waals surface area contributed by atoms with Gasteiger partial charge in [-0.15, -0.1) is 0 Å². The molecule has 0 atom stereocenters. The number of methoxy groups -OCH3 is 1. The van der Waals surface area contributed by atoms with Gasteiger partial charge >= 0.3 is 0 Å². The fourth-order valence-corrected chi connectivity index (χ4v) is 3.07. The van der Waals surface area contributed by atoms with E-state index in [4.69, 9.17) is 4.74 Å². The van der Waals surface area contributed by atoms with Gasteiger partial charge < -0.3 is 9.30 Å². The van der Waals surface area contributed by atoms with Crippen LogP contribution in [0, 0.1) is 24.0 Å². The highest BCUT2D eigenvalue weighted by molar-refractivity contribution is 5.95. The Balaban J connectivity index is 1.90. The van der Waals surface area contributed by atoms with Gasteiger partial charge in [0.15, 0.2) is 0 Å². The number of rotatable bonds is 6. The Bertz CT molecular complexity index is 1090. The number of amides is 1. The first-order valence-corrected chi connectivity index (χ1v) is 8.82. The van der Waals surface area contributed by atoms with Crippen LogP contribution in [0.4, 0.5) is 5.69 Å². The lowest BCUT2D eigenvalue weighted by molar-refractivity contribution is -0.384. The lowest BCUT2D eigenvalue weighted by Gasteiger charge is -2.13. The average Bonchev–Trinajstić information content (AvgIpc) is 3.01. The van der Waals surface area contributed by atoms with Gasteiger partial charge in [-0.3, -0.25) is 14.9 Å². The number of nitro benzene ring substituents is 1. The number of hydrazone groups is 1. The molecule has 8 heteroatoms. The zero-order valence-corrected chi connectivity index (χ0v) is 16.2. The third-order valence-corrected chi connectivity index (χ3v) is 4.49. The smallest absolute Gasteiger partial charge is 0.271 e. The first-order valence-electron chi connectivity index (χ1n) is 8.82. The Kier molecular flexibility index (Phi) is 5.73. The van der Waals surface area contributed by atoms with Crippen molar-refractivity contribution in [1.29, 1.82) is 0 Å². The van der Waals surface area contributed by atoms with Crippen molar-refractivity contribution < 1.29 is 14.5 Å². The van der Waals surface area contributed by atoms with Crippen molar-refractivity contribution in [2.24, 2.45) is 5.10 Å². The summed E-state index contributed by atoms with van der Waals surface area (Å²) in [5.74, 6) is 0.203. The normalized spacial score (nSPS) is 10.9. The highest BCUT2D eigenvalue weighted by Gasteiger charge is 2.17. The highest BCUT2D eigenvalue weighted by atomic mass is 16.6. The minimum absolute atomic E-state index is 0.0290. The molecular weight excluding hydrogens is 372 g/mol. The van der Waals surface area contributed by atoms with Gasteiger partial charge in [0, 0.05) is 34.6 Å². The predicted octanol–water partition coefficient (Wildman–Crippen LogP) is 3.77. The summed E-state index contributed by atoms with van der Waals surface area (Å²) < 4.78 is 7.23. The van der Waals surface area contributed by atoms with Crippen molar-refractivity contribution in [2.45, 2.75) is 13.8 Å². The van der Waals surface area contributed by atoms with E-state index >= 15 is 0 Å². The number of nitro groups is 1. The van der Waals surface area contributed by atoms with Crippen LogP contribution in [-0.2, 0) is 0 Å². The molecular formula is C21H20N4O4. The summed E-state index contributed by atoms with van der Waals surface area (Å²) in [6.07, 6.45) is 1.55. The van der Waals surface area contributed by atoms with Crippen LogP contribution in [0.15, 0.2) is 59.7 Å². The molecule has 0 saturated carbocycles. The minimum Gasteiger partial charge on any atom is -0.495 e. The van der Waals surface area contributed by atoms with E-state index in [1.54, 1.807) is 36.5 Å². The molecule has 29 heavy (non-hydrogen) atoms. The maximum atomic E-state index is 12.1. The summed E-state index contributed by atoms with van der Waals surface area (Å²) in [4.78, 5) is 22.8. The number of aromatic nitrogens is 1. The fraction of sp³-hybridized carbons (Fsp3) is 0.143. The first-order chi connectivity index (χ1) is 13.9. The summed E-state index contributed by atoms with van der Waals surface area (Å²) in [5, 5.41) is 15.2. The van der Waals surface area contributed by atoms with E-state index in [0.29, 0.717) is 17.0 Å². The third kappa shape index (κ3) is 4.16. The second-order valence-corrected chi connectivity index (χ2v) is 6.34. The van der Waals surface area contributed by atoms with Gasteiger partial charge in [0.2, 0.25) is 0 Å². The van der Waals surface area contributed by atoms with Gasteiger partial charge in [-0.05, 0) is 38.1 Å². The molecule has 1 N–H and O–H groups in total. The summed E-state index contributed by atoms with van der Waals surface area (Å²) in [7, 11) is 1.51. The minimum atomic E-state index is -0.446. The number of nitrogens with zero attached hydrogens (tertiary/aromatic N) is 3. The Morgan fingerprint density at radius 2 is 1.90 bits per heavy atom. The zero-order valence-electron chi connectivity index (χ0n) is 16.2. The van der Waals surface area contributed by atoms with Crippen LogP contribution < -0.4 is 10.2 Å². The van der Waals surface area contributed by atoms with Crippen LogP contribution in [0.3, 0.4) is 0 Å². The largest absolute Gasteiger partial charge is 0.495 e. The second-order valence-electron chi connectivity index (χ2n) is 6.34. The van der Waals surface area contributed by atoms with Gasteiger partial charge in [-0.25, -0.2) is 5.43 Å². The van der Waals surface area contributed by atoms with Crippen LogP contribution in [-0.4, -0.2) is 28.7 Å². The first kappa shape index (κ1) is 19.8. The molecule has 0 saturated heterocycles. The summed E-state index contributed by atoms with van der Waals surface area (Å²) in [5.41, 5.74) is 5.96. The second kappa shape index (κ2) is 8.39. The number of aryl methyl sites for hydroxylation is 1. The molecule has 148 valence electrons. The lowest BCUT2D eigenvalue weighted by atomic mass is 10.2. The molecule has 8 nitrogen and oxygen atoms in total. The molecule has 3 aromatic rings. The number of carbonyl (C=O) groups is 1. The Labute approximate surface area is 167 Å². The fourth-order valence-electron chi connectivity index (χ4n) is 3.07. The van der Waals surface area contributed by atoms with E-state index in [1.165, 1.54) is 19.2 Å². The Hall–Kier alpha value is -3.94. The molecule has 0 aliphatic rings. The summed E-state index contributed by atoms with van der Waals surface area (Å²) in [6, 6.07) is 15.1. The Morgan fingerprint density at radius 3 is 2.55 bits per heavy atom. The molecule has 3 rings (SSSR count). The predicted molar refractivity (Wildman–Crippen MR) is 110 cm³/mol. The number of hydrogen-bond acceptors (Lipinski definition) is 5. The van der Waals surface area contributed by atoms with Crippen molar-refractivity contribution in [3.63, 3.8) is 0 Å². The van der Waals surface area contributed by atoms with Crippen molar-refractivity contribution in [1.82, 2.24) is 9.99 Å². The van der Waals surface area contributed by atoms with Crippen LogP contribution in [0.25, 0.3) is 5.69 Å². The number of hydrogen-bond donors (Lipinski definition) is 1. The molecule has 1 heterocycles. The quantitative estimate of drug-likeness (QED) is 0.392. The number of nitrogens with one attached hydrogen (secondary N) is 1. The molecule has 0 fully saturated rings. The van der Waals surface area contributed by atoms with E-state index in [-0.39, 0.29) is 11.6 Å².